The molecule has 2 rings (SSSR count). The molecule has 0 saturated heterocycles. The van der Waals surface area contributed by atoms with Crippen LogP contribution in [0.5, 0.6) is 5.75 Å². The summed E-state index contributed by atoms with van der Waals surface area (Å²) in [6.07, 6.45) is 0.992. The van der Waals surface area contributed by atoms with Crippen molar-refractivity contribution >= 4 is 27.3 Å². The minimum atomic E-state index is -2.81. The molecule has 1 aromatic heterocycles. The highest BCUT2D eigenvalue weighted by atomic mass is 79.9. The van der Waals surface area contributed by atoms with Gasteiger partial charge in [-0.2, -0.15) is 20.1 Å². The van der Waals surface area contributed by atoms with Gasteiger partial charge in [-0.05, 0) is 57.5 Å². The van der Waals surface area contributed by atoms with Gasteiger partial charge in [0.25, 0.3) is 0 Å². The van der Waals surface area contributed by atoms with Crippen LogP contribution in [0.15, 0.2) is 39.5 Å². The van der Waals surface area contributed by atoms with E-state index >= 15 is 0 Å². The van der Waals surface area contributed by atoms with Crippen LogP contribution in [0, 0.1) is 0 Å². The SMILES string of the molecule is CCCNC(c1cccc(OC(F)F)c1)c1cscc1Br. The van der Waals surface area contributed by atoms with E-state index in [1.54, 1.807) is 23.5 Å². The van der Waals surface area contributed by atoms with E-state index in [0.29, 0.717) is 0 Å². The van der Waals surface area contributed by atoms with E-state index in [0.717, 1.165) is 28.6 Å². The van der Waals surface area contributed by atoms with Crippen molar-refractivity contribution in [2.24, 2.45) is 0 Å². The zero-order chi connectivity index (χ0) is 15.2. The van der Waals surface area contributed by atoms with Gasteiger partial charge in [-0.3, -0.25) is 0 Å². The number of halogens is 3. The van der Waals surface area contributed by atoms with Crippen molar-refractivity contribution in [2.75, 3.05) is 6.54 Å². The van der Waals surface area contributed by atoms with Gasteiger partial charge in [-0.15, -0.1) is 0 Å². The van der Waals surface area contributed by atoms with Gasteiger partial charge in [0.15, 0.2) is 0 Å². The smallest absolute Gasteiger partial charge is 0.387 e. The Kier molecular flexibility index (Phi) is 6.14. The first kappa shape index (κ1) is 16.4. The number of nitrogens with one attached hydrogen (secondary N) is 1. The summed E-state index contributed by atoms with van der Waals surface area (Å²) in [5, 5.41) is 7.51. The molecule has 1 unspecified atom stereocenters. The molecular weight excluding hydrogens is 360 g/mol. The van der Waals surface area contributed by atoms with Crippen molar-refractivity contribution in [3.8, 4) is 5.75 Å². The Morgan fingerprint density at radius 2 is 2.14 bits per heavy atom. The van der Waals surface area contributed by atoms with Crippen molar-refractivity contribution in [3.63, 3.8) is 0 Å². The molecule has 114 valence electrons. The Morgan fingerprint density at radius 1 is 1.33 bits per heavy atom. The molecule has 21 heavy (non-hydrogen) atoms. The van der Waals surface area contributed by atoms with Crippen LogP contribution in [0.2, 0.25) is 0 Å². The third kappa shape index (κ3) is 4.49. The topological polar surface area (TPSA) is 21.3 Å². The van der Waals surface area contributed by atoms with E-state index in [4.69, 9.17) is 0 Å². The molecule has 6 heteroatoms. The van der Waals surface area contributed by atoms with Crippen molar-refractivity contribution in [1.82, 2.24) is 5.32 Å². The Morgan fingerprint density at radius 3 is 2.76 bits per heavy atom. The van der Waals surface area contributed by atoms with Gasteiger partial charge in [0.2, 0.25) is 0 Å². The van der Waals surface area contributed by atoms with Crippen LogP contribution >= 0.6 is 27.3 Å². The molecule has 1 atom stereocenters. The summed E-state index contributed by atoms with van der Waals surface area (Å²) in [5.74, 6) is 0.178. The van der Waals surface area contributed by atoms with Crippen LogP contribution in [0.1, 0.15) is 30.5 Å². The number of hydrogen-bond acceptors (Lipinski definition) is 3. The first-order valence-electron chi connectivity index (χ1n) is 6.61. The molecule has 0 bridgehead atoms. The molecule has 1 N–H and O–H groups in total. The Labute approximate surface area is 135 Å². The standard InChI is InChI=1S/C15H16BrF2NOS/c1-2-6-19-14(12-8-21-9-13(12)16)10-4-3-5-11(7-10)20-15(17)18/h3-5,7-9,14-15,19H,2,6H2,1H3. The number of benzene rings is 1. The third-order valence-corrected chi connectivity index (χ3v) is 4.72. The average molecular weight is 376 g/mol. The number of rotatable bonds is 7. The summed E-state index contributed by atoms with van der Waals surface area (Å²) in [5.41, 5.74) is 2.00. The lowest BCUT2D eigenvalue weighted by molar-refractivity contribution is -0.0498. The second kappa shape index (κ2) is 7.87. The fourth-order valence-corrected chi connectivity index (χ4v) is 3.62. The Hall–Kier alpha value is -0.980. The largest absolute Gasteiger partial charge is 0.435 e. The van der Waals surface area contributed by atoms with Crippen LogP contribution < -0.4 is 10.1 Å². The molecule has 0 spiro atoms. The highest BCUT2D eigenvalue weighted by Crippen LogP contribution is 2.33. The molecule has 1 aromatic carbocycles. The number of ether oxygens (including phenoxy) is 1. The molecule has 1 heterocycles. The van der Waals surface area contributed by atoms with Crippen molar-refractivity contribution in [1.29, 1.82) is 0 Å². The fraction of sp³-hybridized carbons (Fsp3) is 0.333. The molecule has 0 fully saturated rings. The minimum Gasteiger partial charge on any atom is -0.435 e. The third-order valence-electron chi connectivity index (χ3n) is 2.97. The van der Waals surface area contributed by atoms with E-state index < -0.39 is 6.61 Å². The zero-order valence-electron chi connectivity index (χ0n) is 11.5. The molecule has 0 aliphatic rings. The van der Waals surface area contributed by atoms with Gasteiger partial charge in [-0.25, -0.2) is 0 Å². The quantitative estimate of drug-likeness (QED) is 0.717. The van der Waals surface area contributed by atoms with E-state index in [1.165, 1.54) is 6.07 Å². The average Bonchev–Trinajstić information content (AvgIpc) is 2.85. The summed E-state index contributed by atoms with van der Waals surface area (Å²) < 4.78 is 30.2. The van der Waals surface area contributed by atoms with E-state index in [2.05, 4.69) is 38.3 Å². The van der Waals surface area contributed by atoms with Crippen molar-refractivity contribution in [2.45, 2.75) is 26.0 Å². The van der Waals surface area contributed by atoms with E-state index in [-0.39, 0.29) is 11.8 Å². The maximum atomic E-state index is 12.3. The maximum absolute atomic E-state index is 12.3. The second-order valence-corrected chi connectivity index (χ2v) is 6.11. The molecule has 0 amide bonds. The molecule has 0 radical (unpaired) electrons. The Balaban J connectivity index is 2.30. The van der Waals surface area contributed by atoms with Crippen molar-refractivity contribution in [3.05, 3.63) is 50.6 Å². The fourth-order valence-electron chi connectivity index (χ4n) is 2.06. The van der Waals surface area contributed by atoms with Gasteiger partial charge in [0.1, 0.15) is 5.75 Å². The highest BCUT2D eigenvalue weighted by molar-refractivity contribution is 9.10. The van der Waals surface area contributed by atoms with E-state index in [9.17, 15) is 8.78 Å². The van der Waals surface area contributed by atoms with Gasteiger partial charge >= 0.3 is 6.61 Å². The monoisotopic (exact) mass is 375 g/mol. The summed E-state index contributed by atoms with van der Waals surface area (Å²) in [6, 6.07) is 6.79. The minimum absolute atomic E-state index is 0.0493. The highest BCUT2D eigenvalue weighted by Gasteiger charge is 2.18. The summed E-state index contributed by atoms with van der Waals surface area (Å²) in [6.45, 7) is 0.117. The molecular formula is C15H16BrF2NOS. The first-order valence-corrected chi connectivity index (χ1v) is 8.35. The lowest BCUT2D eigenvalue weighted by Gasteiger charge is -2.19. The predicted octanol–water partition coefficient (Wildman–Crippen LogP) is 5.20. The van der Waals surface area contributed by atoms with Crippen molar-refractivity contribution < 1.29 is 13.5 Å². The zero-order valence-corrected chi connectivity index (χ0v) is 13.9. The summed E-state index contributed by atoms with van der Waals surface area (Å²) in [4.78, 5) is 0. The normalized spacial score (nSPS) is 12.6. The number of thiophene rings is 1. The molecule has 2 nitrogen and oxygen atoms in total. The number of alkyl halides is 2. The number of hydrogen-bond donors (Lipinski definition) is 1. The summed E-state index contributed by atoms with van der Waals surface area (Å²) >= 11 is 5.13. The van der Waals surface area contributed by atoms with Gasteiger partial charge in [0.05, 0.1) is 6.04 Å². The van der Waals surface area contributed by atoms with Crippen LogP contribution in [-0.4, -0.2) is 13.2 Å². The van der Waals surface area contributed by atoms with Crippen LogP contribution in [0.4, 0.5) is 8.78 Å². The molecule has 0 aliphatic carbocycles. The summed E-state index contributed by atoms with van der Waals surface area (Å²) in [7, 11) is 0. The lowest BCUT2D eigenvalue weighted by Crippen LogP contribution is -2.23. The second-order valence-electron chi connectivity index (χ2n) is 4.51. The van der Waals surface area contributed by atoms with Crippen LogP contribution in [-0.2, 0) is 0 Å². The molecule has 0 aliphatic heterocycles. The maximum Gasteiger partial charge on any atom is 0.387 e. The first-order chi connectivity index (χ1) is 10.1. The molecule has 0 saturated carbocycles. The Bertz CT molecular complexity index is 576. The molecule has 2 aromatic rings. The lowest BCUT2D eigenvalue weighted by atomic mass is 10.0. The van der Waals surface area contributed by atoms with Crippen LogP contribution in [0.3, 0.4) is 0 Å². The van der Waals surface area contributed by atoms with Gasteiger partial charge in [0, 0.05) is 9.85 Å². The van der Waals surface area contributed by atoms with Gasteiger partial charge in [-0.1, -0.05) is 19.1 Å². The predicted molar refractivity (Wildman–Crippen MR) is 85.2 cm³/mol. The van der Waals surface area contributed by atoms with Crippen LogP contribution in [0.25, 0.3) is 0 Å². The van der Waals surface area contributed by atoms with Gasteiger partial charge < -0.3 is 10.1 Å². The van der Waals surface area contributed by atoms with E-state index in [1.807, 2.05) is 11.4 Å².